The van der Waals surface area contributed by atoms with Crippen molar-refractivity contribution in [1.29, 1.82) is 0 Å². The van der Waals surface area contributed by atoms with Crippen LogP contribution in [0.3, 0.4) is 0 Å². The van der Waals surface area contributed by atoms with E-state index in [1.807, 2.05) is 17.4 Å². The zero-order valence-corrected chi connectivity index (χ0v) is 34.9. The first kappa shape index (κ1) is 35.7. The van der Waals surface area contributed by atoms with Crippen molar-refractivity contribution in [3.05, 3.63) is 224 Å². The van der Waals surface area contributed by atoms with Crippen LogP contribution in [0.15, 0.2) is 229 Å². The average Bonchev–Trinajstić information content (AvgIpc) is 3.91. The summed E-state index contributed by atoms with van der Waals surface area (Å²) in [6.07, 6.45) is 0. The van der Waals surface area contributed by atoms with Gasteiger partial charge in [0, 0.05) is 47.9 Å². The lowest BCUT2D eigenvalue weighted by molar-refractivity contribution is 0.669. The minimum atomic E-state index is 0.873. The quantitative estimate of drug-likeness (QED) is 0.176. The van der Waals surface area contributed by atoms with Gasteiger partial charge < -0.3 is 9.32 Å². The molecule has 0 saturated carbocycles. The van der Waals surface area contributed by atoms with E-state index < -0.39 is 0 Å². The summed E-state index contributed by atoms with van der Waals surface area (Å²) in [5, 5.41) is 16.9. The van der Waals surface area contributed by atoms with Crippen molar-refractivity contribution in [2.45, 2.75) is 0 Å². The van der Waals surface area contributed by atoms with Crippen molar-refractivity contribution >= 4 is 124 Å². The van der Waals surface area contributed by atoms with Crippen molar-refractivity contribution in [3.8, 4) is 11.1 Å². The lowest BCUT2D eigenvalue weighted by Gasteiger charge is -2.28. The third kappa shape index (κ3) is 5.71. The summed E-state index contributed by atoms with van der Waals surface area (Å²) in [6.45, 7) is 0. The molecule has 13 rings (SSSR count). The van der Waals surface area contributed by atoms with Gasteiger partial charge in [-0.2, -0.15) is 0 Å². The van der Waals surface area contributed by atoms with E-state index in [0.29, 0.717) is 0 Å². The number of fused-ring (bicyclic) bond motifs is 16. The zero-order valence-electron chi connectivity index (χ0n) is 34.1. The molecule has 0 spiro atoms. The van der Waals surface area contributed by atoms with E-state index in [0.717, 1.165) is 50.1 Å². The van der Waals surface area contributed by atoms with E-state index in [9.17, 15) is 0 Å². The summed E-state index contributed by atoms with van der Waals surface area (Å²) in [4.78, 5) is 2.44. The molecule has 2 aromatic heterocycles. The van der Waals surface area contributed by atoms with Crippen molar-refractivity contribution in [2.75, 3.05) is 4.90 Å². The Hall–Kier alpha value is -7.98. The second-order valence-electron chi connectivity index (χ2n) is 16.4. The summed E-state index contributed by atoms with van der Waals surface area (Å²) in [5.74, 6) is 0. The summed E-state index contributed by atoms with van der Waals surface area (Å²) in [7, 11) is 0. The third-order valence-electron chi connectivity index (χ3n) is 12.9. The van der Waals surface area contributed by atoms with Gasteiger partial charge in [0.2, 0.25) is 0 Å². The van der Waals surface area contributed by atoms with Crippen LogP contribution < -0.4 is 4.90 Å². The van der Waals surface area contributed by atoms with Gasteiger partial charge in [-0.3, -0.25) is 0 Å². The first-order valence-electron chi connectivity index (χ1n) is 21.5. The van der Waals surface area contributed by atoms with E-state index >= 15 is 0 Å². The second-order valence-corrected chi connectivity index (χ2v) is 17.4. The molecule has 0 bridgehead atoms. The first-order chi connectivity index (χ1) is 31.2. The van der Waals surface area contributed by atoms with E-state index in [2.05, 4.69) is 223 Å². The van der Waals surface area contributed by atoms with Crippen molar-refractivity contribution in [2.24, 2.45) is 0 Å². The topological polar surface area (TPSA) is 16.4 Å². The highest BCUT2D eigenvalue weighted by atomic mass is 32.1. The minimum absolute atomic E-state index is 0.873. The standard InChI is InChI=1S/C60H37NOS/c1-2-16-38(17-3-1)41-18-10-13-27-56(41)61(40-31-33-58-54(35-40)49-25-11-14-28-57(49)62-58)39-30-32-48-46-23-7-6-21-44(46)42-19-4-5-20-43(42)45-22-8-9-24-47(45)53-37-60-55(36-52(53)51(48)34-39)50-26-12-15-29-59(50)63-60/h1-37H. The number of thiophene rings is 1. The predicted molar refractivity (Wildman–Crippen MR) is 272 cm³/mol. The molecule has 0 unspecified atom stereocenters. The fourth-order valence-corrected chi connectivity index (χ4v) is 11.1. The van der Waals surface area contributed by atoms with E-state index in [4.69, 9.17) is 4.42 Å². The lowest BCUT2D eigenvalue weighted by Crippen LogP contribution is -2.11. The minimum Gasteiger partial charge on any atom is -0.456 e. The van der Waals surface area contributed by atoms with Crippen LogP contribution in [0.5, 0.6) is 0 Å². The summed E-state index contributed by atoms with van der Waals surface area (Å²) >= 11 is 1.87. The Morgan fingerprint density at radius 2 is 0.762 bits per heavy atom. The number of hydrogen-bond donors (Lipinski definition) is 0. The summed E-state index contributed by atoms with van der Waals surface area (Å²) < 4.78 is 8.96. The summed E-state index contributed by atoms with van der Waals surface area (Å²) in [5.41, 5.74) is 7.28. The Morgan fingerprint density at radius 1 is 0.286 bits per heavy atom. The van der Waals surface area contributed by atoms with Crippen LogP contribution in [0, 0.1) is 0 Å². The SMILES string of the molecule is c1ccc(-c2ccccc2N(c2ccc3oc4ccccc4c3c2)c2ccc3c4ccccc4c4ccccc4c4ccccc4c4cc5sc6ccccc6c5cc4c3c2)cc1. The number of nitrogens with zero attached hydrogens (tertiary/aromatic N) is 1. The molecular weight excluding hydrogens is 783 g/mol. The fraction of sp³-hybridized carbons (Fsp3) is 0. The van der Waals surface area contributed by atoms with Gasteiger partial charge in [0.1, 0.15) is 11.2 Å². The smallest absolute Gasteiger partial charge is 0.135 e. The third-order valence-corrected chi connectivity index (χ3v) is 14.0. The molecule has 0 aliphatic carbocycles. The van der Waals surface area contributed by atoms with Crippen LogP contribution in [0.4, 0.5) is 17.1 Å². The molecule has 0 aliphatic heterocycles. The molecule has 0 fully saturated rings. The van der Waals surface area contributed by atoms with Crippen LogP contribution in [-0.4, -0.2) is 0 Å². The van der Waals surface area contributed by atoms with Crippen LogP contribution in [0.2, 0.25) is 0 Å². The monoisotopic (exact) mass is 819 g/mol. The maximum Gasteiger partial charge on any atom is 0.135 e. The van der Waals surface area contributed by atoms with E-state index in [1.165, 1.54) is 74.0 Å². The van der Waals surface area contributed by atoms with Crippen LogP contribution >= 0.6 is 11.3 Å². The number of furan rings is 1. The van der Waals surface area contributed by atoms with E-state index in [1.54, 1.807) is 0 Å². The number of para-hydroxylation sites is 2. The molecule has 63 heavy (non-hydrogen) atoms. The molecule has 2 nitrogen and oxygen atoms in total. The number of hydrogen-bond acceptors (Lipinski definition) is 3. The number of rotatable bonds is 4. The van der Waals surface area contributed by atoms with Crippen molar-refractivity contribution < 1.29 is 4.42 Å². The van der Waals surface area contributed by atoms with Gasteiger partial charge in [0.15, 0.2) is 0 Å². The predicted octanol–water partition coefficient (Wildman–Crippen LogP) is 18.0. The van der Waals surface area contributed by atoms with Gasteiger partial charge in [-0.1, -0.05) is 164 Å². The first-order valence-corrected chi connectivity index (χ1v) is 22.3. The molecule has 13 aromatic rings. The fourth-order valence-electron chi connectivity index (χ4n) is 10.0. The molecule has 2 heterocycles. The highest BCUT2D eigenvalue weighted by molar-refractivity contribution is 7.25. The van der Waals surface area contributed by atoms with Crippen molar-refractivity contribution in [1.82, 2.24) is 0 Å². The Kier molecular flexibility index (Phi) is 8.12. The Labute approximate surface area is 367 Å². The van der Waals surface area contributed by atoms with Gasteiger partial charge in [-0.15, -0.1) is 11.3 Å². The van der Waals surface area contributed by atoms with Gasteiger partial charge in [0.25, 0.3) is 0 Å². The molecule has 0 saturated heterocycles. The molecule has 11 aromatic carbocycles. The number of anilines is 3. The Morgan fingerprint density at radius 3 is 1.46 bits per heavy atom. The molecular formula is C60H37NOS. The van der Waals surface area contributed by atoms with Crippen LogP contribution in [0.25, 0.3) is 107 Å². The van der Waals surface area contributed by atoms with Crippen molar-refractivity contribution in [3.63, 3.8) is 0 Å². The molecule has 0 radical (unpaired) electrons. The van der Waals surface area contributed by atoms with E-state index in [-0.39, 0.29) is 0 Å². The average molecular weight is 820 g/mol. The Bertz CT molecular complexity index is 4050. The number of benzene rings is 10. The molecule has 0 N–H and O–H groups in total. The van der Waals surface area contributed by atoms with Gasteiger partial charge in [0.05, 0.1) is 5.69 Å². The zero-order chi connectivity index (χ0) is 41.4. The molecule has 3 heteroatoms. The highest BCUT2D eigenvalue weighted by Crippen LogP contribution is 2.46. The van der Waals surface area contributed by atoms with Gasteiger partial charge >= 0.3 is 0 Å². The molecule has 294 valence electrons. The summed E-state index contributed by atoms with van der Waals surface area (Å²) in [6, 6.07) is 82.2. The Balaban J connectivity index is 1.23. The van der Waals surface area contributed by atoms with Gasteiger partial charge in [-0.25, -0.2) is 0 Å². The van der Waals surface area contributed by atoms with Gasteiger partial charge in [-0.05, 0) is 120 Å². The highest BCUT2D eigenvalue weighted by Gasteiger charge is 2.21. The largest absolute Gasteiger partial charge is 0.456 e. The second kappa shape index (κ2) is 14.3. The molecule has 0 aliphatic rings. The molecule has 0 amide bonds. The molecule has 0 atom stereocenters. The lowest BCUT2D eigenvalue weighted by atomic mass is 9.93. The maximum atomic E-state index is 6.38. The van der Waals surface area contributed by atoms with Crippen LogP contribution in [0.1, 0.15) is 0 Å². The van der Waals surface area contributed by atoms with Crippen LogP contribution in [-0.2, 0) is 0 Å². The maximum absolute atomic E-state index is 6.38. The normalized spacial score (nSPS) is 11.8.